The van der Waals surface area contributed by atoms with Gasteiger partial charge in [0.05, 0.1) is 11.5 Å². The fourth-order valence-corrected chi connectivity index (χ4v) is 3.66. The van der Waals surface area contributed by atoms with Gasteiger partial charge in [0.15, 0.2) is 5.82 Å². The molecular formula is C19H17ClN4O3. The van der Waals surface area contributed by atoms with Gasteiger partial charge in [0, 0.05) is 25.2 Å². The van der Waals surface area contributed by atoms with Crippen LogP contribution in [0.25, 0.3) is 0 Å². The van der Waals surface area contributed by atoms with E-state index in [-0.39, 0.29) is 22.8 Å². The van der Waals surface area contributed by atoms with Crippen molar-refractivity contribution in [1.29, 1.82) is 0 Å². The highest BCUT2D eigenvalue weighted by Crippen LogP contribution is 2.39. The molecule has 0 unspecified atom stereocenters. The molecule has 8 heteroatoms. The highest BCUT2D eigenvalue weighted by molar-refractivity contribution is 6.30. The first-order chi connectivity index (χ1) is 13.0. The van der Waals surface area contributed by atoms with Gasteiger partial charge in [-0.3, -0.25) is 9.59 Å². The highest BCUT2D eigenvalue weighted by atomic mass is 35.5. The number of H-pyrrole nitrogens is 1. The number of carbonyl (C=O) groups excluding carboxylic acids is 1. The number of rotatable bonds is 3. The van der Waals surface area contributed by atoms with E-state index < -0.39 is 5.56 Å². The second-order valence-corrected chi connectivity index (χ2v) is 6.99. The number of hydrogen-bond donors (Lipinski definition) is 1. The average Bonchev–Trinajstić information content (AvgIpc) is 3.30. The molecule has 0 bridgehead atoms. The van der Waals surface area contributed by atoms with Gasteiger partial charge in [-0.15, -0.1) is 0 Å². The van der Waals surface area contributed by atoms with Crippen LogP contribution >= 0.6 is 11.6 Å². The van der Waals surface area contributed by atoms with Crippen LogP contribution in [0.5, 0.6) is 0 Å². The maximum Gasteiger partial charge on any atom is 0.266 e. The predicted molar refractivity (Wildman–Crippen MR) is 98.9 cm³/mol. The van der Waals surface area contributed by atoms with Gasteiger partial charge in [-0.25, -0.2) is 0 Å². The van der Waals surface area contributed by atoms with Crippen LogP contribution in [0.1, 0.15) is 39.5 Å². The van der Waals surface area contributed by atoms with E-state index >= 15 is 0 Å². The topological polar surface area (TPSA) is 92.1 Å². The van der Waals surface area contributed by atoms with Crippen molar-refractivity contribution in [1.82, 2.24) is 20.0 Å². The highest BCUT2D eigenvalue weighted by Gasteiger charge is 2.40. The van der Waals surface area contributed by atoms with E-state index in [4.69, 9.17) is 16.1 Å². The van der Waals surface area contributed by atoms with Crippen LogP contribution in [0.4, 0.5) is 0 Å². The van der Waals surface area contributed by atoms with E-state index in [2.05, 4.69) is 15.1 Å². The minimum absolute atomic E-state index is 0.0104. The standard InChI is InChI=1S/C19H17ClN4O3/c1-11-22-18(27-23-11)15-10-24(9-14(15)12-5-3-2-4-6-12)19(26)13-7-16(20)17(25)21-8-13/h2-8,14-15H,9-10H2,1H3,(H,21,25)/t14-,15+/m0/s1. The Labute approximate surface area is 160 Å². The molecule has 1 aliphatic heterocycles. The number of hydrogen-bond acceptors (Lipinski definition) is 5. The van der Waals surface area contributed by atoms with Crippen molar-refractivity contribution >= 4 is 17.5 Å². The summed E-state index contributed by atoms with van der Waals surface area (Å²) in [6.45, 7) is 2.72. The number of nitrogens with zero attached hydrogens (tertiary/aromatic N) is 3. The Hall–Kier alpha value is -2.93. The van der Waals surface area contributed by atoms with Crippen molar-refractivity contribution < 1.29 is 9.32 Å². The molecule has 1 aromatic carbocycles. The largest absolute Gasteiger partial charge is 0.339 e. The minimum atomic E-state index is -0.420. The van der Waals surface area contributed by atoms with Crippen molar-refractivity contribution in [2.45, 2.75) is 18.8 Å². The Morgan fingerprint density at radius 3 is 2.67 bits per heavy atom. The molecule has 2 aromatic heterocycles. The number of nitrogens with one attached hydrogen (secondary N) is 1. The van der Waals surface area contributed by atoms with Crippen LogP contribution in [-0.2, 0) is 0 Å². The maximum absolute atomic E-state index is 12.9. The fraction of sp³-hybridized carbons (Fsp3) is 0.263. The van der Waals surface area contributed by atoms with Gasteiger partial charge < -0.3 is 14.4 Å². The molecule has 1 amide bonds. The lowest BCUT2D eigenvalue weighted by Gasteiger charge is -2.16. The lowest BCUT2D eigenvalue weighted by atomic mass is 9.89. The average molecular weight is 385 g/mol. The van der Waals surface area contributed by atoms with Crippen LogP contribution < -0.4 is 5.56 Å². The zero-order chi connectivity index (χ0) is 19.0. The molecule has 1 fully saturated rings. The molecule has 1 saturated heterocycles. The maximum atomic E-state index is 12.9. The molecule has 1 N–H and O–H groups in total. The summed E-state index contributed by atoms with van der Waals surface area (Å²) in [5.74, 6) is 0.821. The normalized spacial score (nSPS) is 19.4. The van der Waals surface area contributed by atoms with E-state index in [1.54, 1.807) is 11.8 Å². The van der Waals surface area contributed by atoms with Gasteiger partial charge >= 0.3 is 0 Å². The molecule has 4 rings (SSSR count). The summed E-state index contributed by atoms with van der Waals surface area (Å²) in [5.41, 5.74) is 1.03. The van der Waals surface area contributed by atoms with Gasteiger partial charge in [-0.2, -0.15) is 4.98 Å². The Balaban J connectivity index is 1.66. The van der Waals surface area contributed by atoms with Crippen molar-refractivity contribution in [3.63, 3.8) is 0 Å². The van der Waals surface area contributed by atoms with Crippen molar-refractivity contribution in [3.8, 4) is 0 Å². The quantitative estimate of drug-likeness (QED) is 0.749. The second-order valence-electron chi connectivity index (χ2n) is 6.58. The van der Waals surface area contributed by atoms with Crippen molar-refractivity contribution in [2.75, 3.05) is 13.1 Å². The molecule has 1 aliphatic rings. The Bertz CT molecular complexity index is 1030. The molecular weight excluding hydrogens is 368 g/mol. The SMILES string of the molecule is Cc1noc([C@@H]2CN(C(=O)c3c[nH]c(=O)c(Cl)c3)C[C@H]2c2ccccc2)n1. The van der Waals surface area contributed by atoms with Gasteiger partial charge in [-0.05, 0) is 18.6 Å². The summed E-state index contributed by atoms with van der Waals surface area (Å²) < 4.78 is 5.40. The second kappa shape index (κ2) is 7.00. The summed E-state index contributed by atoms with van der Waals surface area (Å²) in [4.78, 5) is 33.0. The van der Waals surface area contributed by atoms with Crippen LogP contribution in [0, 0.1) is 6.92 Å². The number of pyridine rings is 1. The van der Waals surface area contributed by atoms with Gasteiger partial charge in [0.1, 0.15) is 5.02 Å². The first kappa shape index (κ1) is 17.5. The number of likely N-dealkylation sites (tertiary alicyclic amines) is 1. The fourth-order valence-electron chi connectivity index (χ4n) is 3.48. The number of benzene rings is 1. The molecule has 0 aliphatic carbocycles. The number of amides is 1. The third kappa shape index (κ3) is 3.38. The zero-order valence-electron chi connectivity index (χ0n) is 14.6. The van der Waals surface area contributed by atoms with Crippen LogP contribution in [-0.4, -0.2) is 39.0 Å². The van der Waals surface area contributed by atoms with E-state index in [9.17, 15) is 9.59 Å². The first-order valence-corrected chi connectivity index (χ1v) is 8.93. The number of halogens is 1. The smallest absolute Gasteiger partial charge is 0.266 e. The summed E-state index contributed by atoms with van der Waals surface area (Å²) >= 11 is 5.87. The Morgan fingerprint density at radius 1 is 1.26 bits per heavy atom. The summed E-state index contributed by atoms with van der Waals surface area (Å²) in [6, 6.07) is 11.4. The monoisotopic (exact) mass is 384 g/mol. The zero-order valence-corrected chi connectivity index (χ0v) is 15.3. The van der Waals surface area contributed by atoms with E-state index in [1.165, 1.54) is 12.3 Å². The van der Waals surface area contributed by atoms with Gasteiger partial charge in [0.2, 0.25) is 5.89 Å². The van der Waals surface area contributed by atoms with Gasteiger partial charge in [-0.1, -0.05) is 47.1 Å². The number of aromatic nitrogens is 3. The molecule has 27 heavy (non-hydrogen) atoms. The molecule has 2 atom stereocenters. The van der Waals surface area contributed by atoms with Crippen LogP contribution in [0.15, 0.2) is 51.9 Å². The molecule has 7 nitrogen and oxygen atoms in total. The summed E-state index contributed by atoms with van der Waals surface area (Å²) in [6.07, 6.45) is 1.39. The van der Waals surface area contributed by atoms with Crippen molar-refractivity contribution in [3.05, 3.63) is 80.8 Å². The molecule has 3 heterocycles. The molecule has 0 radical (unpaired) electrons. The summed E-state index contributed by atoms with van der Waals surface area (Å²) in [5, 5.41) is 3.88. The molecule has 0 saturated carbocycles. The van der Waals surface area contributed by atoms with E-state index in [0.29, 0.717) is 30.4 Å². The van der Waals surface area contributed by atoms with Crippen LogP contribution in [0.2, 0.25) is 5.02 Å². The van der Waals surface area contributed by atoms with Crippen molar-refractivity contribution in [2.24, 2.45) is 0 Å². The van der Waals surface area contributed by atoms with E-state index in [0.717, 1.165) is 5.56 Å². The predicted octanol–water partition coefficient (Wildman–Crippen LogP) is 2.74. The summed E-state index contributed by atoms with van der Waals surface area (Å²) in [7, 11) is 0. The lowest BCUT2D eigenvalue weighted by Crippen LogP contribution is -2.29. The van der Waals surface area contributed by atoms with Crippen LogP contribution in [0.3, 0.4) is 0 Å². The van der Waals surface area contributed by atoms with E-state index in [1.807, 2.05) is 30.3 Å². The lowest BCUT2D eigenvalue weighted by molar-refractivity contribution is 0.0787. The Kier molecular flexibility index (Phi) is 4.53. The number of aryl methyl sites for hydroxylation is 1. The van der Waals surface area contributed by atoms with Gasteiger partial charge in [0.25, 0.3) is 11.5 Å². The molecule has 0 spiro atoms. The molecule has 138 valence electrons. The Morgan fingerprint density at radius 2 is 2.00 bits per heavy atom. The number of carbonyl (C=O) groups is 1. The number of aromatic amines is 1. The minimum Gasteiger partial charge on any atom is -0.339 e. The molecule has 3 aromatic rings. The third-order valence-corrected chi connectivity index (χ3v) is 5.08. The first-order valence-electron chi connectivity index (χ1n) is 8.55. The third-order valence-electron chi connectivity index (χ3n) is 4.80.